The molecule has 0 fully saturated rings. The maximum absolute atomic E-state index is 13.8. The Morgan fingerprint density at radius 3 is 2.38 bits per heavy atom. The van der Waals surface area contributed by atoms with Crippen molar-refractivity contribution in [3.05, 3.63) is 82.5 Å². The standard InChI is InChI=1S/C36H39ClN8O5/c1-7-8-9-30(46)39-27-18-24(17-25(37)19-27)31-32(35(48)38-6)43-45(42-31)33-22(4)41-44(36(33)49)28-13-11-26(12-14-28)40-34(47)23(5)50-29-15-10-20(2)16-21(29)3/h10-19,23,33H,7-9H2,1-6H3,(H,38,48)(H,39,46)(H,40,47). The van der Waals surface area contributed by atoms with E-state index in [4.69, 9.17) is 16.3 Å². The molecule has 0 spiro atoms. The molecule has 1 aliphatic rings. The number of nitrogens with one attached hydrogen (secondary N) is 3. The summed E-state index contributed by atoms with van der Waals surface area (Å²) in [5.41, 5.74) is 4.40. The van der Waals surface area contributed by atoms with E-state index in [-0.39, 0.29) is 23.2 Å². The zero-order valence-electron chi connectivity index (χ0n) is 28.7. The van der Waals surface area contributed by atoms with Crippen LogP contribution in [0.1, 0.15) is 67.7 Å². The second-order valence-electron chi connectivity index (χ2n) is 12.0. The fourth-order valence-electron chi connectivity index (χ4n) is 5.38. The summed E-state index contributed by atoms with van der Waals surface area (Å²) < 4.78 is 5.87. The molecule has 4 aromatic rings. The Kier molecular flexibility index (Phi) is 11.0. The third-order valence-electron chi connectivity index (χ3n) is 7.99. The number of aryl methyl sites for hydroxylation is 2. The van der Waals surface area contributed by atoms with Gasteiger partial charge in [-0.3, -0.25) is 19.2 Å². The third kappa shape index (κ3) is 8.00. The fraction of sp³-hybridized carbons (Fsp3) is 0.306. The number of ether oxygens (including phenoxy) is 1. The van der Waals surface area contributed by atoms with Gasteiger partial charge in [0.2, 0.25) is 5.91 Å². The monoisotopic (exact) mass is 698 g/mol. The first-order valence-electron chi connectivity index (χ1n) is 16.2. The Bertz CT molecular complexity index is 1970. The van der Waals surface area contributed by atoms with Crippen LogP contribution in [0.3, 0.4) is 0 Å². The highest BCUT2D eigenvalue weighted by atomic mass is 35.5. The molecular formula is C36H39ClN8O5. The van der Waals surface area contributed by atoms with Crippen molar-refractivity contribution in [3.8, 4) is 17.0 Å². The number of aromatic nitrogens is 3. The van der Waals surface area contributed by atoms with Crippen molar-refractivity contribution in [2.75, 3.05) is 22.7 Å². The van der Waals surface area contributed by atoms with E-state index in [0.717, 1.165) is 28.8 Å². The van der Waals surface area contributed by atoms with Crippen molar-refractivity contribution in [1.82, 2.24) is 20.3 Å². The van der Waals surface area contributed by atoms with E-state index in [1.165, 1.54) is 12.1 Å². The number of benzene rings is 3. The smallest absolute Gasteiger partial charge is 0.280 e. The number of hydrogen-bond donors (Lipinski definition) is 3. The molecule has 2 heterocycles. The van der Waals surface area contributed by atoms with Gasteiger partial charge in [-0.15, -0.1) is 5.10 Å². The van der Waals surface area contributed by atoms with Crippen molar-refractivity contribution in [2.45, 2.75) is 66.0 Å². The van der Waals surface area contributed by atoms with Crippen LogP contribution >= 0.6 is 11.6 Å². The van der Waals surface area contributed by atoms with E-state index in [0.29, 0.717) is 45.5 Å². The molecule has 5 rings (SSSR count). The average Bonchev–Trinajstić information content (AvgIpc) is 3.64. The second kappa shape index (κ2) is 15.3. The van der Waals surface area contributed by atoms with Crippen LogP contribution in [0.4, 0.5) is 17.1 Å². The van der Waals surface area contributed by atoms with Gasteiger partial charge in [0.1, 0.15) is 11.4 Å². The van der Waals surface area contributed by atoms with Gasteiger partial charge >= 0.3 is 0 Å². The van der Waals surface area contributed by atoms with Crippen molar-refractivity contribution in [3.63, 3.8) is 0 Å². The lowest BCUT2D eigenvalue weighted by Crippen LogP contribution is -2.31. The lowest BCUT2D eigenvalue weighted by molar-refractivity contribution is -0.122. The van der Waals surface area contributed by atoms with E-state index in [9.17, 15) is 19.2 Å². The minimum atomic E-state index is -1.04. The summed E-state index contributed by atoms with van der Waals surface area (Å²) >= 11 is 6.40. The molecule has 2 unspecified atom stereocenters. The molecule has 3 N–H and O–H groups in total. The van der Waals surface area contributed by atoms with Crippen molar-refractivity contribution in [2.24, 2.45) is 5.10 Å². The quantitative estimate of drug-likeness (QED) is 0.162. The summed E-state index contributed by atoms with van der Waals surface area (Å²) in [7, 11) is 1.46. The Morgan fingerprint density at radius 1 is 0.960 bits per heavy atom. The van der Waals surface area contributed by atoms with E-state index < -0.39 is 24.0 Å². The second-order valence-corrected chi connectivity index (χ2v) is 12.5. The first-order chi connectivity index (χ1) is 23.9. The summed E-state index contributed by atoms with van der Waals surface area (Å²) in [5, 5.41) is 23.2. The minimum Gasteiger partial charge on any atom is -0.481 e. The molecule has 0 radical (unpaired) electrons. The number of unbranched alkanes of at least 4 members (excludes halogenated alkanes) is 1. The highest BCUT2D eigenvalue weighted by molar-refractivity contribution is 6.31. The Labute approximate surface area is 295 Å². The SMILES string of the molecule is CCCCC(=O)Nc1cc(Cl)cc(-c2nn(C3C(=O)N(c4ccc(NC(=O)C(C)Oc5ccc(C)cc5C)cc4)N=C3C)nc2C(=O)NC)c1. The highest BCUT2D eigenvalue weighted by Crippen LogP contribution is 2.32. The van der Waals surface area contributed by atoms with Gasteiger partial charge in [0.05, 0.1) is 11.4 Å². The topological polar surface area (TPSA) is 160 Å². The molecule has 4 amide bonds. The highest BCUT2D eigenvalue weighted by Gasteiger charge is 2.39. The zero-order valence-corrected chi connectivity index (χ0v) is 29.5. The van der Waals surface area contributed by atoms with Gasteiger partial charge in [-0.25, -0.2) is 0 Å². The van der Waals surface area contributed by atoms with Crippen LogP contribution in [0.15, 0.2) is 65.8 Å². The van der Waals surface area contributed by atoms with Crippen molar-refractivity contribution < 1.29 is 23.9 Å². The summed E-state index contributed by atoms with van der Waals surface area (Å²) in [6.07, 6.45) is 1.22. The maximum Gasteiger partial charge on any atom is 0.280 e. The molecule has 50 heavy (non-hydrogen) atoms. The van der Waals surface area contributed by atoms with Crippen LogP contribution < -0.4 is 25.7 Å². The first kappa shape index (κ1) is 35.7. The molecule has 2 atom stereocenters. The number of nitrogens with zero attached hydrogens (tertiary/aromatic N) is 5. The zero-order chi connectivity index (χ0) is 36.1. The number of anilines is 3. The van der Waals surface area contributed by atoms with Gasteiger partial charge in [0.25, 0.3) is 17.7 Å². The molecule has 3 aromatic carbocycles. The molecular weight excluding hydrogens is 660 g/mol. The molecule has 13 nitrogen and oxygen atoms in total. The van der Waals surface area contributed by atoms with Crippen molar-refractivity contribution >= 4 is 58.0 Å². The Morgan fingerprint density at radius 2 is 1.70 bits per heavy atom. The number of hydrogen-bond acceptors (Lipinski definition) is 8. The lowest BCUT2D eigenvalue weighted by atomic mass is 10.1. The third-order valence-corrected chi connectivity index (χ3v) is 8.21. The molecule has 0 bridgehead atoms. The molecule has 0 saturated carbocycles. The molecule has 0 saturated heterocycles. The van der Waals surface area contributed by atoms with E-state index in [1.54, 1.807) is 56.3 Å². The van der Waals surface area contributed by atoms with Crippen LogP contribution in [0, 0.1) is 13.8 Å². The fourth-order valence-corrected chi connectivity index (χ4v) is 5.61. The number of carbonyl (C=O) groups is 4. The summed E-state index contributed by atoms with van der Waals surface area (Å²) in [5.74, 6) is -0.834. The van der Waals surface area contributed by atoms with Gasteiger partial charge in [0.15, 0.2) is 17.8 Å². The van der Waals surface area contributed by atoms with Gasteiger partial charge < -0.3 is 20.7 Å². The van der Waals surface area contributed by atoms with Crippen molar-refractivity contribution in [1.29, 1.82) is 0 Å². The van der Waals surface area contributed by atoms with Crippen LogP contribution in [0.25, 0.3) is 11.3 Å². The number of hydrazone groups is 1. The predicted octanol–water partition coefficient (Wildman–Crippen LogP) is 6.07. The van der Waals surface area contributed by atoms with Gasteiger partial charge in [-0.2, -0.15) is 20.0 Å². The van der Waals surface area contributed by atoms with Gasteiger partial charge in [-0.1, -0.05) is 42.6 Å². The minimum absolute atomic E-state index is 0.0343. The Balaban J connectivity index is 1.33. The lowest BCUT2D eigenvalue weighted by Gasteiger charge is -2.17. The summed E-state index contributed by atoms with van der Waals surface area (Å²) in [6.45, 7) is 9.25. The molecule has 14 heteroatoms. The molecule has 260 valence electrons. The molecule has 0 aliphatic carbocycles. The van der Waals surface area contributed by atoms with Crippen LogP contribution in [0.2, 0.25) is 5.02 Å². The van der Waals surface area contributed by atoms with Gasteiger partial charge in [0, 0.05) is 35.4 Å². The molecule has 1 aromatic heterocycles. The Hall–Kier alpha value is -5.56. The summed E-state index contributed by atoms with van der Waals surface area (Å²) in [4.78, 5) is 53.1. The van der Waals surface area contributed by atoms with Crippen LogP contribution in [-0.4, -0.2) is 57.5 Å². The maximum atomic E-state index is 13.8. The molecule has 1 aliphatic heterocycles. The average molecular weight is 699 g/mol. The first-order valence-corrected chi connectivity index (χ1v) is 16.6. The number of rotatable bonds is 12. The summed E-state index contributed by atoms with van der Waals surface area (Å²) in [6, 6.07) is 16.2. The van der Waals surface area contributed by atoms with Crippen LogP contribution in [-0.2, 0) is 14.4 Å². The predicted molar refractivity (Wildman–Crippen MR) is 193 cm³/mol. The number of amides is 4. The van der Waals surface area contributed by atoms with E-state index >= 15 is 0 Å². The number of carbonyl (C=O) groups excluding carboxylic acids is 4. The number of halogens is 1. The van der Waals surface area contributed by atoms with E-state index in [1.807, 2.05) is 39.0 Å². The van der Waals surface area contributed by atoms with Gasteiger partial charge in [-0.05, 0) is 88.2 Å². The van der Waals surface area contributed by atoms with E-state index in [2.05, 4.69) is 31.2 Å². The van der Waals surface area contributed by atoms with Crippen LogP contribution in [0.5, 0.6) is 5.75 Å². The largest absolute Gasteiger partial charge is 0.481 e. The normalized spacial score (nSPS) is 14.6.